The number of benzene rings is 1. The predicted molar refractivity (Wildman–Crippen MR) is 61.7 cm³/mol. The quantitative estimate of drug-likeness (QED) is 0.793. The van der Waals surface area contributed by atoms with Crippen LogP contribution in [0.1, 0.15) is 11.5 Å². The Labute approximate surface area is 101 Å². The number of hydrogen-bond acceptors (Lipinski definition) is 3. The molecule has 0 fully saturated rings. The molecule has 0 N–H and O–H groups in total. The summed E-state index contributed by atoms with van der Waals surface area (Å²) in [5, 5.41) is 7.71. The summed E-state index contributed by atoms with van der Waals surface area (Å²) in [4.78, 5) is 0. The first-order valence-electron chi connectivity index (χ1n) is 4.35. The van der Waals surface area contributed by atoms with Crippen molar-refractivity contribution in [1.29, 1.82) is 0 Å². The van der Waals surface area contributed by atoms with Gasteiger partial charge in [-0.05, 0) is 30.7 Å². The molecule has 78 valence electrons. The molecule has 0 spiro atoms. The van der Waals surface area contributed by atoms with Crippen molar-refractivity contribution in [2.45, 2.75) is 12.8 Å². The van der Waals surface area contributed by atoms with E-state index in [1.807, 2.05) is 25.1 Å². The highest BCUT2D eigenvalue weighted by Crippen LogP contribution is 2.24. The van der Waals surface area contributed by atoms with Gasteiger partial charge in [-0.2, -0.15) is 0 Å². The highest BCUT2D eigenvalue weighted by molar-refractivity contribution is 9.10. The van der Waals surface area contributed by atoms with E-state index in [0.717, 1.165) is 15.6 Å². The van der Waals surface area contributed by atoms with E-state index < -0.39 is 0 Å². The maximum absolute atomic E-state index is 5.58. The predicted octanol–water partition coefficient (Wildman–Crippen LogP) is 3.55. The molecule has 2 rings (SSSR count). The number of hydrogen-bond donors (Lipinski definition) is 0. The molecule has 0 bridgehead atoms. The maximum atomic E-state index is 5.58. The summed E-state index contributed by atoms with van der Waals surface area (Å²) in [7, 11) is 0. The molecule has 5 heteroatoms. The van der Waals surface area contributed by atoms with Gasteiger partial charge in [0.1, 0.15) is 5.88 Å². The van der Waals surface area contributed by atoms with Gasteiger partial charge in [0.15, 0.2) is 0 Å². The molecular weight excluding hydrogens is 279 g/mol. The normalized spacial score (nSPS) is 10.6. The van der Waals surface area contributed by atoms with E-state index in [0.29, 0.717) is 11.8 Å². The molecule has 1 aromatic heterocycles. The van der Waals surface area contributed by atoms with E-state index in [9.17, 15) is 0 Å². The zero-order chi connectivity index (χ0) is 10.8. The van der Waals surface area contributed by atoms with E-state index in [4.69, 9.17) is 16.0 Å². The monoisotopic (exact) mass is 286 g/mol. The molecule has 15 heavy (non-hydrogen) atoms. The second-order valence-electron chi connectivity index (χ2n) is 3.10. The third-order valence-corrected chi connectivity index (χ3v) is 3.10. The second-order valence-corrected chi connectivity index (χ2v) is 4.22. The summed E-state index contributed by atoms with van der Waals surface area (Å²) in [6.07, 6.45) is 0. The minimum atomic E-state index is 0.239. The molecule has 0 radical (unpaired) electrons. The number of rotatable bonds is 2. The zero-order valence-corrected chi connectivity index (χ0v) is 10.3. The fraction of sp³-hybridized carbons (Fsp3) is 0.200. The molecule has 0 atom stereocenters. The van der Waals surface area contributed by atoms with Gasteiger partial charge in [0.25, 0.3) is 0 Å². The van der Waals surface area contributed by atoms with Gasteiger partial charge in [0.2, 0.25) is 11.8 Å². The molecule has 2 aromatic rings. The van der Waals surface area contributed by atoms with Gasteiger partial charge < -0.3 is 4.42 Å². The summed E-state index contributed by atoms with van der Waals surface area (Å²) in [6.45, 7) is 2.01. The Kier molecular flexibility index (Phi) is 3.07. The van der Waals surface area contributed by atoms with E-state index in [1.54, 1.807) is 0 Å². The highest BCUT2D eigenvalue weighted by Gasteiger charge is 2.08. The van der Waals surface area contributed by atoms with Crippen LogP contribution in [0.5, 0.6) is 0 Å². The molecule has 3 nitrogen and oxygen atoms in total. The molecule has 0 saturated carbocycles. The molecule has 1 aromatic carbocycles. The van der Waals surface area contributed by atoms with Crippen LogP contribution in [0.15, 0.2) is 27.1 Å². The van der Waals surface area contributed by atoms with Crippen molar-refractivity contribution in [2.75, 3.05) is 0 Å². The minimum Gasteiger partial charge on any atom is -0.419 e. The van der Waals surface area contributed by atoms with Crippen LogP contribution < -0.4 is 0 Å². The smallest absolute Gasteiger partial charge is 0.247 e. The lowest BCUT2D eigenvalue weighted by Gasteiger charge is -1.99. The number of halogens is 2. The van der Waals surface area contributed by atoms with E-state index >= 15 is 0 Å². The average molecular weight is 288 g/mol. The van der Waals surface area contributed by atoms with Crippen molar-refractivity contribution >= 4 is 27.5 Å². The molecule has 0 saturated heterocycles. The third kappa shape index (κ3) is 2.21. The van der Waals surface area contributed by atoms with Crippen molar-refractivity contribution in [3.63, 3.8) is 0 Å². The van der Waals surface area contributed by atoms with Gasteiger partial charge in [0.05, 0.1) is 0 Å². The number of aromatic nitrogens is 2. The first-order chi connectivity index (χ1) is 7.20. The van der Waals surface area contributed by atoms with Crippen LogP contribution in [0, 0.1) is 6.92 Å². The summed E-state index contributed by atoms with van der Waals surface area (Å²) in [6, 6.07) is 5.85. The fourth-order valence-corrected chi connectivity index (χ4v) is 1.56. The molecule has 0 unspecified atom stereocenters. The van der Waals surface area contributed by atoms with Crippen molar-refractivity contribution in [3.8, 4) is 11.5 Å². The molecular formula is C10H8BrClN2O. The fourth-order valence-electron chi connectivity index (χ4n) is 1.20. The molecule has 0 aliphatic carbocycles. The highest BCUT2D eigenvalue weighted by atomic mass is 79.9. The number of alkyl halides is 1. The average Bonchev–Trinajstić information content (AvgIpc) is 2.70. The molecule has 0 aliphatic rings. The Hall–Kier alpha value is -0.870. The van der Waals surface area contributed by atoms with Gasteiger partial charge in [-0.1, -0.05) is 15.9 Å². The minimum absolute atomic E-state index is 0.239. The van der Waals surface area contributed by atoms with Crippen LogP contribution in [-0.4, -0.2) is 10.2 Å². The van der Waals surface area contributed by atoms with Gasteiger partial charge in [-0.3, -0.25) is 0 Å². The first-order valence-corrected chi connectivity index (χ1v) is 5.68. The molecule has 0 aliphatic heterocycles. The Morgan fingerprint density at radius 2 is 2.20 bits per heavy atom. The van der Waals surface area contributed by atoms with Gasteiger partial charge in [-0.25, -0.2) is 0 Å². The van der Waals surface area contributed by atoms with Crippen molar-refractivity contribution in [1.82, 2.24) is 10.2 Å². The van der Waals surface area contributed by atoms with Gasteiger partial charge in [-0.15, -0.1) is 21.8 Å². The molecule has 1 heterocycles. The summed E-state index contributed by atoms with van der Waals surface area (Å²) in [5.41, 5.74) is 2.03. The third-order valence-electron chi connectivity index (χ3n) is 1.99. The Morgan fingerprint density at radius 3 is 2.80 bits per heavy atom. The lowest BCUT2D eigenvalue weighted by atomic mass is 10.1. The Bertz CT molecular complexity index is 484. The van der Waals surface area contributed by atoms with Crippen molar-refractivity contribution < 1.29 is 4.42 Å². The summed E-state index contributed by atoms with van der Waals surface area (Å²) < 4.78 is 6.40. The van der Waals surface area contributed by atoms with E-state index in [1.165, 1.54) is 0 Å². The topological polar surface area (TPSA) is 38.9 Å². The SMILES string of the molecule is Cc1cc(-c2nnc(CCl)o2)ccc1Br. The zero-order valence-electron chi connectivity index (χ0n) is 8.00. The second kappa shape index (κ2) is 4.33. The van der Waals surface area contributed by atoms with Crippen molar-refractivity contribution in [3.05, 3.63) is 34.1 Å². The number of nitrogens with zero attached hydrogens (tertiary/aromatic N) is 2. The van der Waals surface area contributed by atoms with Gasteiger partial charge in [0, 0.05) is 10.0 Å². The lowest BCUT2D eigenvalue weighted by Crippen LogP contribution is -1.81. The van der Waals surface area contributed by atoms with Crippen LogP contribution in [0.3, 0.4) is 0 Å². The van der Waals surface area contributed by atoms with E-state index in [2.05, 4.69) is 26.1 Å². The van der Waals surface area contributed by atoms with Crippen LogP contribution >= 0.6 is 27.5 Å². The van der Waals surface area contributed by atoms with Gasteiger partial charge >= 0.3 is 0 Å². The maximum Gasteiger partial charge on any atom is 0.247 e. The largest absolute Gasteiger partial charge is 0.419 e. The first kappa shape index (κ1) is 10.6. The van der Waals surface area contributed by atoms with Crippen LogP contribution in [0.25, 0.3) is 11.5 Å². The Morgan fingerprint density at radius 1 is 1.40 bits per heavy atom. The van der Waals surface area contributed by atoms with E-state index in [-0.39, 0.29) is 5.88 Å². The standard InChI is InChI=1S/C10H8BrClN2O/c1-6-4-7(2-3-8(6)11)10-14-13-9(5-12)15-10/h2-4H,5H2,1H3. The van der Waals surface area contributed by atoms with Crippen molar-refractivity contribution in [2.24, 2.45) is 0 Å². The lowest BCUT2D eigenvalue weighted by molar-refractivity contribution is 0.527. The van der Waals surface area contributed by atoms with Crippen LogP contribution in [0.4, 0.5) is 0 Å². The number of aryl methyl sites for hydroxylation is 1. The van der Waals surface area contributed by atoms with Crippen LogP contribution in [-0.2, 0) is 5.88 Å². The summed E-state index contributed by atoms with van der Waals surface area (Å²) in [5.74, 6) is 1.18. The summed E-state index contributed by atoms with van der Waals surface area (Å²) >= 11 is 9.01. The Balaban J connectivity index is 2.40. The molecule has 0 amide bonds. The van der Waals surface area contributed by atoms with Crippen LogP contribution in [0.2, 0.25) is 0 Å².